The SMILES string of the molecule is CCn1cc(S(N)(=O)=O)cc1C(=O)N1CCCC1C(C)C. The van der Waals surface area contributed by atoms with E-state index >= 15 is 0 Å². The predicted molar refractivity (Wildman–Crippen MR) is 80.4 cm³/mol. The van der Waals surface area contributed by atoms with Crippen LogP contribution in [0.1, 0.15) is 44.1 Å². The second kappa shape index (κ2) is 5.81. The van der Waals surface area contributed by atoms with E-state index in [1.165, 1.54) is 12.3 Å². The Labute approximate surface area is 126 Å². The Morgan fingerprint density at radius 2 is 2.14 bits per heavy atom. The highest BCUT2D eigenvalue weighted by Gasteiger charge is 2.33. The molecule has 1 unspecified atom stereocenters. The first-order valence-electron chi connectivity index (χ1n) is 7.29. The Balaban J connectivity index is 2.37. The summed E-state index contributed by atoms with van der Waals surface area (Å²) in [6.45, 7) is 7.32. The van der Waals surface area contributed by atoms with Gasteiger partial charge in [-0.2, -0.15) is 0 Å². The van der Waals surface area contributed by atoms with Crippen LogP contribution in [0.3, 0.4) is 0 Å². The summed E-state index contributed by atoms with van der Waals surface area (Å²) in [7, 11) is -3.79. The summed E-state index contributed by atoms with van der Waals surface area (Å²) in [5.41, 5.74) is 0.397. The van der Waals surface area contributed by atoms with Gasteiger partial charge in [0.05, 0.1) is 0 Å². The van der Waals surface area contributed by atoms with E-state index in [2.05, 4.69) is 13.8 Å². The van der Waals surface area contributed by atoms with Gasteiger partial charge in [-0.15, -0.1) is 0 Å². The number of sulfonamides is 1. The van der Waals surface area contributed by atoms with Gasteiger partial charge in [0, 0.05) is 25.3 Å². The molecule has 0 bridgehead atoms. The van der Waals surface area contributed by atoms with Crippen LogP contribution in [0.4, 0.5) is 0 Å². The van der Waals surface area contributed by atoms with Gasteiger partial charge in [0.1, 0.15) is 10.6 Å². The third kappa shape index (κ3) is 3.13. The molecule has 6 nitrogen and oxygen atoms in total. The maximum absolute atomic E-state index is 12.8. The van der Waals surface area contributed by atoms with Crippen molar-refractivity contribution in [2.45, 2.75) is 51.1 Å². The second-order valence-electron chi connectivity index (χ2n) is 5.84. The zero-order chi connectivity index (χ0) is 15.8. The van der Waals surface area contributed by atoms with Crippen molar-refractivity contribution in [3.63, 3.8) is 0 Å². The molecule has 1 amide bonds. The Bertz CT molecular complexity index is 634. The first kappa shape index (κ1) is 16.0. The summed E-state index contributed by atoms with van der Waals surface area (Å²) in [5.74, 6) is 0.280. The number of aromatic nitrogens is 1. The molecule has 0 saturated carbocycles. The van der Waals surface area contributed by atoms with Gasteiger partial charge in [-0.3, -0.25) is 4.79 Å². The zero-order valence-electron chi connectivity index (χ0n) is 12.7. The summed E-state index contributed by atoms with van der Waals surface area (Å²) in [4.78, 5) is 14.6. The highest BCUT2D eigenvalue weighted by Crippen LogP contribution is 2.26. The highest BCUT2D eigenvalue weighted by molar-refractivity contribution is 7.89. The highest BCUT2D eigenvalue weighted by atomic mass is 32.2. The fourth-order valence-electron chi connectivity index (χ4n) is 2.96. The van der Waals surface area contributed by atoms with Crippen molar-refractivity contribution in [1.29, 1.82) is 0 Å². The molecule has 0 aliphatic carbocycles. The minimum Gasteiger partial charge on any atom is -0.342 e. The lowest BCUT2D eigenvalue weighted by atomic mass is 10.0. The van der Waals surface area contributed by atoms with Crippen LogP contribution >= 0.6 is 0 Å². The van der Waals surface area contributed by atoms with Crippen LogP contribution < -0.4 is 5.14 Å². The Morgan fingerprint density at radius 1 is 1.48 bits per heavy atom. The Morgan fingerprint density at radius 3 is 2.67 bits per heavy atom. The molecule has 2 N–H and O–H groups in total. The fraction of sp³-hybridized carbons (Fsp3) is 0.643. The van der Waals surface area contributed by atoms with Crippen molar-refractivity contribution in [1.82, 2.24) is 9.47 Å². The lowest BCUT2D eigenvalue weighted by molar-refractivity contribution is 0.0690. The monoisotopic (exact) mass is 313 g/mol. The third-order valence-electron chi connectivity index (χ3n) is 4.09. The van der Waals surface area contributed by atoms with Gasteiger partial charge in [0.2, 0.25) is 10.0 Å². The summed E-state index contributed by atoms with van der Waals surface area (Å²) in [5, 5.41) is 5.16. The van der Waals surface area contributed by atoms with Crippen LogP contribution in [0.2, 0.25) is 0 Å². The largest absolute Gasteiger partial charge is 0.342 e. The number of rotatable bonds is 4. The zero-order valence-corrected chi connectivity index (χ0v) is 13.6. The maximum Gasteiger partial charge on any atom is 0.270 e. The number of nitrogens with two attached hydrogens (primary N) is 1. The molecule has 1 fully saturated rings. The lowest BCUT2D eigenvalue weighted by Gasteiger charge is -2.28. The van der Waals surface area contributed by atoms with E-state index in [4.69, 9.17) is 5.14 Å². The van der Waals surface area contributed by atoms with E-state index in [9.17, 15) is 13.2 Å². The molecule has 0 radical (unpaired) electrons. The Hall–Kier alpha value is -1.34. The normalized spacial score (nSPS) is 19.5. The molecule has 1 aliphatic rings. The van der Waals surface area contributed by atoms with Crippen LogP contribution in [-0.2, 0) is 16.6 Å². The first-order valence-corrected chi connectivity index (χ1v) is 8.84. The molecule has 0 aromatic carbocycles. The minimum atomic E-state index is -3.79. The van der Waals surface area contributed by atoms with Gasteiger partial charge >= 0.3 is 0 Å². The van der Waals surface area contributed by atoms with Crippen LogP contribution in [0.15, 0.2) is 17.2 Å². The van der Waals surface area contributed by atoms with E-state index in [0.717, 1.165) is 19.4 Å². The van der Waals surface area contributed by atoms with Gasteiger partial charge in [0.25, 0.3) is 5.91 Å². The third-order valence-corrected chi connectivity index (χ3v) is 4.97. The van der Waals surface area contributed by atoms with Crippen molar-refractivity contribution >= 4 is 15.9 Å². The van der Waals surface area contributed by atoms with Crippen molar-refractivity contribution in [3.8, 4) is 0 Å². The lowest BCUT2D eigenvalue weighted by Crippen LogP contribution is -2.39. The van der Waals surface area contributed by atoms with Crippen LogP contribution in [0, 0.1) is 5.92 Å². The minimum absolute atomic E-state index is 0.00649. The number of likely N-dealkylation sites (tertiary alicyclic amines) is 1. The second-order valence-corrected chi connectivity index (χ2v) is 7.41. The molecular weight excluding hydrogens is 290 g/mol. The summed E-state index contributed by atoms with van der Waals surface area (Å²) < 4.78 is 24.6. The summed E-state index contributed by atoms with van der Waals surface area (Å²) in [6.07, 6.45) is 3.42. The van der Waals surface area contributed by atoms with Crippen molar-refractivity contribution in [3.05, 3.63) is 18.0 Å². The van der Waals surface area contributed by atoms with E-state index in [-0.39, 0.29) is 16.8 Å². The smallest absolute Gasteiger partial charge is 0.270 e. The van der Waals surface area contributed by atoms with E-state index in [0.29, 0.717) is 18.2 Å². The average Bonchev–Trinajstić information content (AvgIpc) is 3.03. The number of hydrogen-bond acceptors (Lipinski definition) is 3. The number of carbonyl (C=O) groups excluding carboxylic acids is 1. The number of amides is 1. The number of nitrogens with zero attached hydrogens (tertiary/aromatic N) is 2. The molecule has 21 heavy (non-hydrogen) atoms. The molecule has 1 atom stereocenters. The molecule has 0 spiro atoms. The maximum atomic E-state index is 12.8. The van der Waals surface area contributed by atoms with Crippen molar-refractivity contribution in [2.24, 2.45) is 11.1 Å². The molecule has 1 aromatic rings. The molecule has 1 saturated heterocycles. The molecule has 2 rings (SSSR count). The van der Waals surface area contributed by atoms with Crippen LogP contribution in [0.25, 0.3) is 0 Å². The van der Waals surface area contributed by atoms with Gasteiger partial charge in [-0.05, 0) is 31.7 Å². The molecule has 1 aromatic heterocycles. The van der Waals surface area contributed by atoms with E-state index in [1.807, 2.05) is 11.8 Å². The van der Waals surface area contributed by atoms with Gasteiger partial charge < -0.3 is 9.47 Å². The summed E-state index contributed by atoms with van der Waals surface area (Å²) in [6, 6.07) is 1.60. The number of hydrogen-bond donors (Lipinski definition) is 1. The van der Waals surface area contributed by atoms with Crippen LogP contribution in [0.5, 0.6) is 0 Å². The predicted octanol–water partition coefficient (Wildman–Crippen LogP) is 1.42. The van der Waals surface area contributed by atoms with E-state index < -0.39 is 10.0 Å². The van der Waals surface area contributed by atoms with Gasteiger partial charge in [-0.1, -0.05) is 13.8 Å². The molecule has 2 heterocycles. The van der Waals surface area contributed by atoms with Gasteiger partial charge in [0.15, 0.2) is 0 Å². The topological polar surface area (TPSA) is 85.4 Å². The fourth-order valence-corrected chi connectivity index (χ4v) is 3.51. The molecule has 118 valence electrons. The molecular formula is C14H23N3O3S. The van der Waals surface area contributed by atoms with Crippen LogP contribution in [-0.4, -0.2) is 36.4 Å². The van der Waals surface area contributed by atoms with Crippen molar-refractivity contribution in [2.75, 3.05) is 6.54 Å². The van der Waals surface area contributed by atoms with Crippen molar-refractivity contribution < 1.29 is 13.2 Å². The quantitative estimate of drug-likeness (QED) is 0.912. The Kier molecular flexibility index (Phi) is 4.43. The van der Waals surface area contributed by atoms with Gasteiger partial charge in [-0.25, -0.2) is 13.6 Å². The van der Waals surface area contributed by atoms with E-state index in [1.54, 1.807) is 4.57 Å². The average molecular weight is 313 g/mol. The standard InChI is InChI=1S/C14H23N3O3S/c1-4-16-9-11(21(15,19)20)8-13(16)14(18)17-7-5-6-12(17)10(2)3/h8-10,12H,4-7H2,1-3H3,(H2,15,19,20). The number of aryl methyl sites for hydroxylation is 1. The number of carbonyl (C=O) groups is 1. The number of primary sulfonamides is 1. The molecule has 1 aliphatic heterocycles. The molecule has 7 heteroatoms. The summed E-state index contributed by atoms with van der Waals surface area (Å²) >= 11 is 0. The first-order chi connectivity index (χ1) is 9.75.